The number of fused-ring (bicyclic) bond motifs is 1. The monoisotopic (exact) mass is 327 g/mol. The Morgan fingerprint density at radius 3 is 3.04 bits per heavy atom. The Bertz CT molecular complexity index is 774. The maximum absolute atomic E-state index is 12.9. The third-order valence-electron chi connectivity index (χ3n) is 5.49. The highest BCUT2D eigenvalue weighted by Gasteiger charge is 2.55. The molecule has 2 atom stereocenters. The van der Waals surface area contributed by atoms with Gasteiger partial charge in [-0.25, -0.2) is 0 Å². The fourth-order valence-electron chi connectivity index (χ4n) is 4.19. The highest BCUT2D eigenvalue weighted by Crippen LogP contribution is 2.50. The molecule has 2 fully saturated rings. The molecule has 7 heteroatoms. The lowest BCUT2D eigenvalue weighted by molar-refractivity contribution is 0.0774. The van der Waals surface area contributed by atoms with Crippen molar-refractivity contribution in [1.82, 2.24) is 25.3 Å². The lowest BCUT2D eigenvalue weighted by atomic mass is 9.80. The summed E-state index contributed by atoms with van der Waals surface area (Å²) in [4.78, 5) is 14.8. The zero-order valence-corrected chi connectivity index (χ0v) is 14.0. The van der Waals surface area contributed by atoms with Crippen LogP contribution in [0.2, 0.25) is 0 Å². The van der Waals surface area contributed by atoms with Gasteiger partial charge in [0.15, 0.2) is 0 Å². The molecule has 2 aromatic rings. The summed E-state index contributed by atoms with van der Waals surface area (Å²) in [5.74, 6) is 1.79. The van der Waals surface area contributed by atoms with Crippen LogP contribution in [0.5, 0.6) is 0 Å². The van der Waals surface area contributed by atoms with E-state index in [4.69, 9.17) is 4.42 Å². The van der Waals surface area contributed by atoms with Crippen LogP contribution in [0, 0.1) is 12.8 Å². The molecule has 0 N–H and O–H groups in total. The van der Waals surface area contributed by atoms with Gasteiger partial charge in [-0.05, 0) is 31.7 Å². The first-order chi connectivity index (χ1) is 11.6. The van der Waals surface area contributed by atoms with Crippen LogP contribution in [0.4, 0.5) is 0 Å². The number of amides is 1. The summed E-state index contributed by atoms with van der Waals surface area (Å²) in [5.41, 5.74) is 1.12. The molecular formula is C17H21N5O2. The van der Waals surface area contributed by atoms with Crippen molar-refractivity contribution >= 4 is 5.91 Å². The highest BCUT2D eigenvalue weighted by atomic mass is 16.4. The average molecular weight is 327 g/mol. The molecule has 0 aromatic carbocycles. The lowest BCUT2D eigenvalue weighted by Gasteiger charge is -2.24. The Kier molecular flexibility index (Phi) is 3.58. The number of rotatable bonds is 3. The number of aryl methyl sites for hydroxylation is 2. The van der Waals surface area contributed by atoms with E-state index in [1.807, 2.05) is 18.7 Å². The minimum absolute atomic E-state index is 0.0198. The van der Waals surface area contributed by atoms with Gasteiger partial charge in [-0.2, -0.15) is 10.2 Å². The SMILES string of the molecule is CCc1nnc([C@]23CCC[C@H]2CN(C(=O)c2ccnnc2C)C3)o1. The molecule has 1 amide bonds. The minimum atomic E-state index is -0.176. The smallest absolute Gasteiger partial charge is 0.255 e. The lowest BCUT2D eigenvalue weighted by Crippen LogP contribution is -2.35. The fourth-order valence-corrected chi connectivity index (χ4v) is 4.19. The first-order valence-electron chi connectivity index (χ1n) is 8.54. The first kappa shape index (κ1) is 15.2. The van der Waals surface area contributed by atoms with Crippen molar-refractivity contribution in [3.8, 4) is 0 Å². The molecule has 0 unspecified atom stereocenters. The van der Waals surface area contributed by atoms with Crippen molar-refractivity contribution in [3.05, 3.63) is 35.3 Å². The second kappa shape index (κ2) is 5.65. The van der Waals surface area contributed by atoms with Crippen molar-refractivity contribution in [1.29, 1.82) is 0 Å². The Morgan fingerprint density at radius 1 is 1.42 bits per heavy atom. The molecule has 2 aliphatic rings. The topological polar surface area (TPSA) is 85.0 Å². The number of hydrogen-bond donors (Lipinski definition) is 0. The zero-order chi connectivity index (χ0) is 16.7. The second-order valence-electron chi connectivity index (χ2n) is 6.82. The van der Waals surface area contributed by atoms with E-state index in [1.165, 1.54) is 0 Å². The van der Waals surface area contributed by atoms with Gasteiger partial charge in [0.05, 0.1) is 22.9 Å². The Hall–Kier alpha value is -2.31. The van der Waals surface area contributed by atoms with Gasteiger partial charge in [0.2, 0.25) is 11.8 Å². The quantitative estimate of drug-likeness (QED) is 0.856. The van der Waals surface area contributed by atoms with E-state index < -0.39 is 0 Å². The molecule has 1 saturated carbocycles. The summed E-state index contributed by atoms with van der Waals surface area (Å²) in [7, 11) is 0. The number of aromatic nitrogens is 4. The van der Waals surface area contributed by atoms with Crippen LogP contribution in [-0.4, -0.2) is 44.3 Å². The molecule has 3 heterocycles. The van der Waals surface area contributed by atoms with Crippen LogP contribution in [0.15, 0.2) is 16.7 Å². The van der Waals surface area contributed by atoms with E-state index >= 15 is 0 Å². The number of carbonyl (C=O) groups is 1. The van der Waals surface area contributed by atoms with E-state index in [-0.39, 0.29) is 11.3 Å². The largest absolute Gasteiger partial charge is 0.425 e. The number of likely N-dealkylation sites (tertiary alicyclic amines) is 1. The van der Waals surface area contributed by atoms with Gasteiger partial charge >= 0.3 is 0 Å². The molecule has 1 aliphatic heterocycles. The maximum atomic E-state index is 12.9. The normalized spacial score (nSPS) is 25.9. The molecule has 0 radical (unpaired) electrons. The van der Waals surface area contributed by atoms with Crippen molar-refractivity contribution in [2.75, 3.05) is 13.1 Å². The summed E-state index contributed by atoms with van der Waals surface area (Å²) in [6, 6.07) is 1.74. The molecule has 1 aliphatic carbocycles. The van der Waals surface area contributed by atoms with Gasteiger partial charge in [-0.15, -0.1) is 10.2 Å². The van der Waals surface area contributed by atoms with Gasteiger partial charge in [0.25, 0.3) is 5.91 Å². The fraction of sp³-hybridized carbons (Fsp3) is 0.588. The first-order valence-corrected chi connectivity index (χ1v) is 8.54. The molecule has 4 rings (SSSR count). The van der Waals surface area contributed by atoms with Gasteiger partial charge in [-0.1, -0.05) is 13.3 Å². The van der Waals surface area contributed by atoms with Gasteiger partial charge in [0.1, 0.15) is 0 Å². The van der Waals surface area contributed by atoms with Gasteiger partial charge in [0, 0.05) is 19.5 Å². The average Bonchev–Trinajstić information content (AvgIpc) is 3.28. The van der Waals surface area contributed by atoms with Gasteiger partial charge < -0.3 is 9.32 Å². The van der Waals surface area contributed by atoms with Crippen LogP contribution in [-0.2, 0) is 11.8 Å². The molecule has 0 bridgehead atoms. The summed E-state index contributed by atoms with van der Waals surface area (Å²) >= 11 is 0. The summed E-state index contributed by atoms with van der Waals surface area (Å²) in [6.07, 6.45) is 5.55. The van der Waals surface area contributed by atoms with E-state index in [0.717, 1.165) is 32.2 Å². The molecule has 0 spiro atoms. The van der Waals surface area contributed by atoms with Crippen LogP contribution in [0.1, 0.15) is 54.0 Å². The second-order valence-corrected chi connectivity index (χ2v) is 6.82. The third kappa shape index (κ3) is 2.22. The van der Waals surface area contributed by atoms with Crippen molar-refractivity contribution in [2.24, 2.45) is 5.92 Å². The maximum Gasteiger partial charge on any atom is 0.255 e. The summed E-state index contributed by atoms with van der Waals surface area (Å²) in [6.45, 7) is 5.21. The Balaban J connectivity index is 1.64. The van der Waals surface area contributed by atoms with E-state index in [9.17, 15) is 4.79 Å². The number of carbonyl (C=O) groups excluding carboxylic acids is 1. The zero-order valence-electron chi connectivity index (χ0n) is 14.0. The molecule has 126 valence electrons. The van der Waals surface area contributed by atoms with E-state index in [1.54, 1.807) is 12.3 Å². The predicted octanol–water partition coefficient (Wildman–Crippen LogP) is 1.92. The van der Waals surface area contributed by atoms with Crippen LogP contribution >= 0.6 is 0 Å². The third-order valence-corrected chi connectivity index (χ3v) is 5.49. The van der Waals surface area contributed by atoms with Crippen LogP contribution in [0.3, 0.4) is 0 Å². The molecule has 1 saturated heterocycles. The Morgan fingerprint density at radius 2 is 2.29 bits per heavy atom. The highest BCUT2D eigenvalue weighted by molar-refractivity contribution is 5.95. The van der Waals surface area contributed by atoms with Crippen LogP contribution in [0.25, 0.3) is 0 Å². The number of nitrogens with zero attached hydrogens (tertiary/aromatic N) is 5. The summed E-state index contributed by atoms with van der Waals surface area (Å²) < 4.78 is 5.90. The van der Waals surface area contributed by atoms with Crippen LogP contribution < -0.4 is 0 Å². The van der Waals surface area contributed by atoms with Crippen molar-refractivity contribution in [3.63, 3.8) is 0 Å². The number of hydrogen-bond acceptors (Lipinski definition) is 6. The molecule has 7 nitrogen and oxygen atoms in total. The molecule has 24 heavy (non-hydrogen) atoms. The van der Waals surface area contributed by atoms with E-state index in [0.29, 0.717) is 35.5 Å². The van der Waals surface area contributed by atoms with Crippen molar-refractivity contribution < 1.29 is 9.21 Å². The van der Waals surface area contributed by atoms with Crippen molar-refractivity contribution in [2.45, 2.75) is 44.9 Å². The molecule has 2 aromatic heterocycles. The standard InChI is InChI=1S/C17H21N5O2/c1-3-14-20-21-16(24-14)17-7-4-5-12(17)9-22(10-17)15(23)13-6-8-18-19-11(13)2/h6,8,12H,3-5,7,9-10H2,1-2H3/t12-,17-/m0/s1. The summed E-state index contributed by atoms with van der Waals surface area (Å²) in [5, 5.41) is 16.3. The minimum Gasteiger partial charge on any atom is -0.425 e. The molecular weight excluding hydrogens is 306 g/mol. The predicted molar refractivity (Wildman–Crippen MR) is 85.4 cm³/mol. The van der Waals surface area contributed by atoms with E-state index in [2.05, 4.69) is 20.4 Å². The van der Waals surface area contributed by atoms with Gasteiger partial charge in [-0.3, -0.25) is 4.79 Å². The Labute approximate surface area is 140 Å².